The minimum Gasteiger partial charge on any atom is -0.491 e. The third-order valence-corrected chi connectivity index (χ3v) is 3.03. The smallest absolute Gasteiger partial charge is 0.142 e. The molecular weight excluding hydrogens is 266 g/mol. The van der Waals surface area contributed by atoms with Crippen molar-refractivity contribution in [2.24, 2.45) is 0 Å². The van der Waals surface area contributed by atoms with Gasteiger partial charge in [0.2, 0.25) is 0 Å². The molecule has 0 fully saturated rings. The van der Waals surface area contributed by atoms with Crippen LogP contribution in [0.5, 0.6) is 5.75 Å². The fraction of sp³-hybridized carbons (Fsp3) is 0.250. The summed E-state index contributed by atoms with van der Waals surface area (Å²) in [5.74, 6) is 0.730. The zero-order valence-electron chi connectivity index (χ0n) is 11.9. The predicted octanol–water partition coefficient (Wildman–Crippen LogP) is 2.22. The Bertz CT molecular complexity index is 570. The predicted molar refractivity (Wildman–Crippen MR) is 86.2 cm³/mol. The minimum atomic E-state index is 0.114. The summed E-state index contributed by atoms with van der Waals surface area (Å²) in [5.41, 5.74) is 14.9. The number of nitrogen functional groups attached to an aromatic ring is 2. The molecule has 2 aromatic rings. The van der Waals surface area contributed by atoms with Crippen LogP contribution in [0.3, 0.4) is 0 Å². The largest absolute Gasteiger partial charge is 0.491 e. The Morgan fingerprint density at radius 3 is 2.43 bits per heavy atom. The molecule has 0 heterocycles. The van der Waals surface area contributed by atoms with Gasteiger partial charge in [-0.25, -0.2) is 0 Å². The van der Waals surface area contributed by atoms with E-state index in [0.717, 1.165) is 22.7 Å². The van der Waals surface area contributed by atoms with E-state index in [1.165, 1.54) is 0 Å². The lowest BCUT2D eigenvalue weighted by Gasteiger charge is -2.14. The molecule has 0 radical (unpaired) electrons. The van der Waals surface area contributed by atoms with Crippen LogP contribution in [0, 0.1) is 0 Å². The number of rotatable bonds is 7. The highest BCUT2D eigenvalue weighted by molar-refractivity contribution is 5.63. The Hall–Kier alpha value is -2.40. The number of aliphatic hydroxyl groups excluding tert-OH is 1. The van der Waals surface area contributed by atoms with E-state index in [1.807, 2.05) is 36.4 Å². The number of hydrogen-bond acceptors (Lipinski definition) is 5. The van der Waals surface area contributed by atoms with Crippen LogP contribution in [-0.2, 0) is 6.54 Å². The monoisotopic (exact) mass is 287 g/mol. The molecule has 0 atom stereocenters. The first-order chi connectivity index (χ1) is 10.2. The first-order valence-corrected chi connectivity index (χ1v) is 6.90. The number of nitrogens with two attached hydrogens (primary N) is 2. The van der Waals surface area contributed by atoms with Crippen LogP contribution in [-0.4, -0.2) is 18.3 Å². The van der Waals surface area contributed by atoms with Crippen molar-refractivity contribution in [1.29, 1.82) is 0 Å². The third-order valence-electron chi connectivity index (χ3n) is 3.03. The second kappa shape index (κ2) is 7.40. The quantitative estimate of drug-likeness (QED) is 0.463. The molecule has 0 aliphatic heterocycles. The molecule has 0 saturated heterocycles. The maximum Gasteiger partial charge on any atom is 0.142 e. The van der Waals surface area contributed by atoms with Gasteiger partial charge in [-0.15, -0.1) is 0 Å². The zero-order valence-corrected chi connectivity index (χ0v) is 11.9. The number of anilines is 3. The first kappa shape index (κ1) is 15.0. The van der Waals surface area contributed by atoms with E-state index < -0.39 is 0 Å². The van der Waals surface area contributed by atoms with E-state index in [1.54, 1.807) is 6.07 Å². The maximum absolute atomic E-state index is 8.81. The van der Waals surface area contributed by atoms with Crippen molar-refractivity contribution in [2.45, 2.75) is 13.0 Å². The van der Waals surface area contributed by atoms with Crippen molar-refractivity contribution in [3.63, 3.8) is 0 Å². The molecule has 0 aromatic heterocycles. The molecule has 0 unspecified atom stereocenters. The van der Waals surface area contributed by atoms with Gasteiger partial charge in [-0.1, -0.05) is 12.1 Å². The lowest BCUT2D eigenvalue weighted by Crippen LogP contribution is -2.05. The summed E-state index contributed by atoms with van der Waals surface area (Å²) in [7, 11) is 0. The number of benzene rings is 2. The standard InChI is InChI=1S/C16H21N3O2/c17-13-4-2-12(3-5-13)11-19-15-10-14(18)6-7-16(15)21-9-1-8-20/h2-7,10,19-20H,1,8-9,11,17-18H2. The number of ether oxygens (including phenoxy) is 1. The Labute approximate surface area is 124 Å². The zero-order chi connectivity index (χ0) is 15.1. The second-order valence-electron chi connectivity index (χ2n) is 4.78. The molecule has 21 heavy (non-hydrogen) atoms. The normalized spacial score (nSPS) is 10.3. The van der Waals surface area contributed by atoms with Crippen LogP contribution in [0.15, 0.2) is 42.5 Å². The fourth-order valence-electron chi connectivity index (χ4n) is 1.89. The average Bonchev–Trinajstić information content (AvgIpc) is 2.49. The summed E-state index contributed by atoms with van der Waals surface area (Å²) < 4.78 is 5.64. The molecule has 2 aromatic carbocycles. The summed E-state index contributed by atoms with van der Waals surface area (Å²) in [6.45, 7) is 1.24. The van der Waals surface area contributed by atoms with Crippen LogP contribution in [0.1, 0.15) is 12.0 Å². The summed E-state index contributed by atoms with van der Waals surface area (Å²) in [6.07, 6.45) is 0.599. The van der Waals surface area contributed by atoms with Gasteiger partial charge < -0.3 is 26.6 Å². The molecule has 0 aliphatic rings. The summed E-state index contributed by atoms with van der Waals surface area (Å²) >= 11 is 0. The summed E-state index contributed by atoms with van der Waals surface area (Å²) in [4.78, 5) is 0. The molecule has 5 nitrogen and oxygen atoms in total. The van der Waals surface area contributed by atoms with Gasteiger partial charge in [0.05, 0.1) is 12.3 Å². The van der Waals surface area contributed by atoms with E-state index >= 15 is 0 Å². The molecule has 2 rings (SSSR count). The Morgan fingerprint density at radius 2 is 1.71 bits per heavy atom. The molecule has 6 N–H and O–H groups in total. The summed E-state index contributed by atoms with van der Waals surface area (Å²) in [5, 5.41) is 12.1. The highest BCUT2D eigenvalue weighted by atomic mass is 16.5. The lowest BCUT2D eigenvalue weighted by molar-refractivity contribution is 0.234. The van der Waals surface area contributed by atoms with Gasteiger partial charge in [0.1, 0.15) is 5.75 Å². The molecule has 0 spiro atoms. The fourth-order valence-corrected chi connectivity index (χ4v) is 1.89. The van der Waals surface area contributed by atoms with Gasteiger partial charge in [0.15, 0.2) is 0 Å². The van der Waals surface area contributed by atoms with E-state index in [2.05, 4.69) is 5.32 Å². The number of hydrogen-bond donors (Lipinski definition) is 4. The van der Waals surface area contributed by atoms with Crippen molar-refractivity contribution in [1.82, 2.24) is 0 Å². The van der Waals surface area contributed by atoms with Gasteiger partial charge in [-0.3, -0.25) is 0 Å². The Kier molecular flexibility index (Phi) is 5.29. The van der Waals surface area contributed by atoms with Crippen molar-refractivity contribution >= 4 is 17.1 Å². The van der Waals surface area contributed by atoms with Crippen molar-refractivity contribution < 1.29 is 9.84 Å². The second-order valence-corrected chi connectivity index (χ2v) is 4.78. The van der Waals surface area contributed by atoms with Crippen LogP contribution < -0.4 is 21.5 Å². The van der Waals surface area contributed by atoms with Gasteiger partial charge in [0, 0.05) is 30.9 Å². The summed E-state index contributed by atoms with van der Waals surface area (Å²) in [6, 6.07) is 13.2. The van der Waals surface area contributed by atoms with Gasteiger partial charge >= 0.3 is 0 Å². The average molecular weight is 287 g/mol. The minimum absolute atomic E-state index is 0.114. The Morgan fingerprint density at radius 1 is 1.00 bits per heavy atom. The van der Waals surface area contributed by atoms with E-state index in [-0.39, 0.29) is 6.61 Å². The molecule has 0 bridgehead atoms. The third kappa shape index (κ3) is 4.57. The molecular formula is C16H21N3O2. The first-order valence-electron chi connectivity index (χ1n) is 6.90. The highest BCUT2D eigenvalue weighted by Crippen LogP contribution is 2.27. The van der Waals surface area contributed by atoms with Crippen LogP contribution in [0.2, 0.25) is 0 Å². The van der Waals surface area contributed by atoms with Crippen molar-refractivity contribution in [3.8, 4) is 5.75 Å². The van der Waals surface area contributed by atoms with Crippen molar-refractivity contribution in [3.05, 3.63) is 48.0 Å². The molecule has 0 amide bonds. The molecule has 5 heteroatoms. The van der Waals surface area contributed by atoms with Crippen LogP contribution in [0.25, 0.3) is 0 Å². The highest BCUT2D eigenvalue weighted by Gasteiger charge is 2.04. The van der Waals surface area contributed by atoms with E-state index in [4.69, 9.17) is 21.3 Å². The van der Waals surface area contributed by atoms with Gasteiger partial charge in [-0.2, -0.15) is 0 Å². The lowest BCUT2D eigenvalue weighted by atomic mass is 10.2. The maximum atomic E-state index is 8.81. The molecule has 0 saturated carbocycles. The topological polar surface area (TPSA) is 93.5 Å². The Balaban J connectivity index is 2.03. The van der Waals surface area contributed by atoms with Crippen LogP contribution in [0.4, 0.5) is 17.1 Å². The van der Waals surface area contributed by atoms with Gasteiger partial charge in [0.25, 0.3) is 0 Å². The molecule has 0 aliphatic carbocycles. The number of aliphatic hydroxyl groups is 1. The number of nitrogens with one attached hydrogen (secondary N) is 1. The molecule has 112 valence electrons. The van der Waals surface area contributed by atoms with Gasteiger partial charge in [-0.05, 0) is 35.9 Å². The van der Waals surface area contributed by atoms with Crippen molar-refractivity contribution in [2.75, 3.05) is 30.0 Å². The van der Waals surface area contributed by atoms with E-state index in [9.17, 15) is 0 Å². The van der Waals surface area contributed by atoms with Crippen LogP contribution >= 0.6 is 0 Å². The SMILES string of the molecule is Nc1ccc(CNc2cc(N)ccc2OCCCO)cc1. The van der Waals surface area contributed by atoms with E-state index in [0.29, 0.717) is 25.3 Å².